The van der Waals surface area contributed by atoms with Crippen molar-refractivity contribution in [3.63, 3.8) is 0 Å². The minimum Gasteiger partial charge on any atom is -0.467 e. The van der Waals surface area contributed by atoms with Crippen molar-refractivity contribution in [1.82, 2.24) is 19.9 Å². The van der Waals surface area contributed by atoms with Crippen LogP contribution in [0.25, 0.3) is 0 Å². The number of aliphatic hydroxyl groups is 1. The third-order valence-corrected chi connectivity index (χ3v) is 2.31. The third kappa shape index (κ3) is 5.23. The minimum atomic E-state index is -0.886. The molecule has 0 bridgehead atoms. The van der Waals surface area contributed by atoms with E-state index in [0.29, 0.717) is 25.0 Å². The van der Waals surface area contributed by atoms with Crippen molar-refractivity contribution in [3.8, 4) is 6.01 Å². The monoisotopic (exact) mass is 270 g/mol. The number of ether oxygens (including phenoxy) is 1. The number of hydrogen-bond acceptors (Lipinski definition) is 8. The SMILES string of the molecule is CNc1nc(NCC(C)(O)CN(C)C)nc(OC)n1. The van der Waals surface area contributed by atoms with E-state index in [0.717, 1.165) is 0 Å². The maximum Gasteiger partial charge on any atom is 0.322 e. The van der Waals surface area contributed by atoms with Gasteiger partial charge in [0.2, 0.25) is 11.9 Å². The number of anilines is 2. The number of hydrogen-bond donors (Lipinski definition) is 3. The average molecular weight is 270 g/mol. The molecule has 3 N–H and O–H groups in total. The van der Waals surface area contributed by atoms with Gasteiger partial charge in [-0.15, -0.1) is 0 Å². The van der Waals surface area contributed by atoms with Crippen LogP contribution < -0.4 is 15.4 Å². The molecule has 0 saturated heterocycles. The molecule has 1 rings (SSSR count). The second kappa shape index (κ2) is 6.48. The molecular formula is C11H22N6O2. The van der Waals surface area contributed by atoms with Gasteiger partial charge in [-0.3, -0.25) is 0 Å². The zero-order chi connectivity index (χ0) is 14.5. The molecule has 8 heteroatoms. The quantitative estimate of drug-likeness (QED) is 0.618. The average Bonchev–Trinajstić information content (AvgIpc) is 2.34. The molecule has 0 saturated carbocycles. The van der Waals surface area contributed by atoms with Crippen LogP contribution in [-0.4, -0.2) is 71.9 Å². The highest BCUT2D eigenvalue weighted by Crippen LogP contribution is 2.12. The first-order chi connectivity index (χ1) is 8.86. The fourth-order valence-corrected chi connectivity index (χ4v) is 1.65. The van der Waals surface area contributed by atoms with Gasteiger partial charge >= 0.3 is 6.01 Å². The van der Waals surface area contributed by atoms with Crippen molar-refractivity contribution in [2.75, 3.05) is 52.0 Å². The van der Waals surface area contributed by atoms with Gasteiger partial charge in [-0.25, -0.2) is 0 Å². The van der Waals surface area contributed by atoms with Crippen LogP contribution in [0.1, 0.15) is 6.92 Å². The number of rotatable bonds is 7. The van der Waals surface area contributed by atoms with Gasteiger partial charge in [0.1, 0.15) is 0 Å². The van der Waals surface area contributed by atoms with Gasteiger partial charge in [0.15, 0.2) is 0 Å². The molecule has 1 heterocycles. The first-order valence-corrected chi connectivity index (χ1v) is 5.95. The highest BCUT2D eigenvalue weighted by Gasteiger charge is 2.21. The number of methoxy groups -OCH3 is 1. The first-order valence-electron chi connectivity index (χ1n) is 5.95. The Balaban J connectivity index is 2.71. The summed E-state index contributed by atoms with van der Waals surface area (Å²) in [6.07, 6.45) is 0. The Kier molecular flexibility index (Phi) is 5.25. The summed E-state index contributed by atoms with van der Waals surface area (Å²) in [5.74, 6) is 0.761. The molecule has 0 radical (unpaired) electrons. The number of likely N-dealkylation sites (N-methyl/N-ethyl adjacent to an activating group) is 1. The Morgan fingerprint density at radius 1 is 1.26 bits per heavy atom. The van der Waals surface area contributed by atoms with Crippen LogP contribution in [0.3, 0.4) is 0 Å². The van der Waals surface area contributed by atoms with Gasteiger partial charge in [-0.1, -0.05) is 0 Å². The molecule has 108 valence electrons. The molecule has 1 aromatic rings. The third-order valence-electron chi connectivity index (χ3n) is 2.31. The molecule has 1 aromatic heterocycles. The van der Waals surface area contributed by atoms with Gasteiger partial charge in [0.25, 0.3) is 0 Å². The van der Waals surface area contributed by atoms with Crippen molar-refractivity contribution in [1.29, 1.82) is 0 Å². The van der Waals surface area contributed by atoms with Crippen LogP contribution in [0, 0.1) is 0 Å². The summed E-state index contributed by atoms with van der Waals surface area (Å²) in [4.78, 5) is 14.1. The minimum absolute atomic E-state index is 0.217. The maximum atomic E-state index is 10.2. The molecule has 8 nitrogen and oxygen atoms in total. The van der Waals surface area contributed by atoms with Crippen molar-refractivity contribution in [2.24, 2.45) is 0 Å². The van der Waals surface area contributed by atoms with Crippen molar-refractivity contribution >= 4 is 11.9 Å². The number of nitrogens with one attached hydrogen (secondary N) is 2. The Morgan fingerprint density at radius 3 is 2.42 bits per heavy atom. The molecule has 0 aliphatic carbocycles. The number of aromatic nitrogens is 3. The van der Waals surface area contributed by atoms with E-state index in [-0.39, 0.29) is 6.01 Å². The molecule has 19 heavy (non-hydrogen) atoms. The molecule has 1 atom stereocenters. The molecule has 1 unspecified atom stereocenters. The second-order valence-electron chi connectivity index (χ2n) is 4.81. The predicted molar refractivity (Wildman–Crippen MR) is 73.6 cm³/mol. The Labute approximate surface area is 113 Å². The fraction of sp³-hybridized carbons (Fsp3) is 0.727. The lowest BCUT2D eigenvalue weighted by atomic mass is 10.1. The molecule has 0 fully saturated rings. The summed E-state index contributed by atoms with van der Waals surface area (Å²) in [5, 5.41) is 16.0. The highest BCUT2D eigenvalue weighted by atomic mass is 16.5. The van der Waals surface area contributed by atoms with E-state index < -0.39 is 5.60 Å². The largest absolute Gasteiger partial charge is 0.467 e. The Hall–Kier alpha value is -1.67. The molecular weight excluding hydrogens is 248 g/mol. The second-order valence-corrected chi connectivity index (χ2v) is 4.81. The zero-order valence-electron chi connectivity index (χ0n) is 12.1. The lowest BCUT2D eigenvalue weighted by molar-refractivity contribution is 0.0458. The van der Waals surface area contributed by atoms with E-state index in [2.05, 4.69) is 25.6 Å². The van der Waals surface area contributed by atoms with E-state index in [9.17, 15) is 5.11 Å². The molecule has 0 aliphatic rings. The van der Waals surface area contributed by atoms with E-state index in [4.69, 9.17) is 4.74 Å². The van der Waals surface area contributed by atoms with Crippen LogP contribution in [0.5, 0.6) is 6.01 Å². The van der Waals surface area contributed by atoms with Crippen LogP contribution in [0.15, 0.2) is 0 Å². The van der Waals surface area contributed by atoms with Crippen molar-refractivity contribution < 1.29 is 9.84 Å². The van der Waals surface area contributed by atoms with Crippen molar-refractivity contribution in [2.45, 2.75) is 12.5 Å². The van der Waals surface area contributed by atoms with Gasteiger partial charge in [-0.2, -0.15) is 15.0 Å². The predicted octanol–water partition coefficient (Wildman–Crippen LogP) is -0.354. The van der Waals surface area contributed by atoms with Gasteiger partial charge in [-0.05, 0) is 21.0 Å². The van der Waals surface area contributed by atoms with Crippen LogP contribution in [-0.2, 0) is 0 Å². The summed E-state index contributed by atoms with van der Waals surface area (Å²) < 4.78 is 4.98. The summed E-state index contributed by atoms with van der Waals surface area (Å²) in [5.41, 5.74) is -0.886. The summed E-state index contributed by atoms with van der Waals surface area (Å²) in [6.45, 7) is 2.60. The highest BCUT2D eigenvalue weighted by molar-refractivity contribution is 5.35. The fourth-order valence-electron chi connectivity index (χ4n) is 1.65. The zero-order valence-corrected chi connectivity index (χ0v) is 12.1. The molecule has 0 amide bonds. The normalized spacial score (nSPS) is 14.1. The smallest absolute Gasteiger partial charge is 0.322 e. The molecule has 0 spiro atoms. The van der Waals surface area contributed by atoms with E-state index >= 15 is 0 Å². The van der Waals surface area contributed by atoms with Gasteiger partial charge in [0, 0.05) is 20.1 Å². The Bertz CT molecular complexity index is 388. The molecule has 0 aliphatic heterocycles. The van der Waals surface area contributed by atoms with Crippen LogP contribution in [0.4, 0.5) is 11.9 Å². The lowest BCUT2D eigenvalue weighted by Crippen LogP contribution is -2.43. The van der Waals surface area contributed by atoms with E-state index in [1.54, 1.807) is 14.0 Å². The van der Waals surface area contributed by atoms with E-state index in [1.807, 2.05) is 19.0 Å². The molecule has 0 aromatic carbocycles. The summed E-state index contributed by atoms with van der Waals surface area (Å²) in [7, 11) is 7.00. The standard InChI is InChI=1S/C11H22N6O2/c1-11(18,7-17(3)4)6-13-9-14-8(12-2)15-10(16-9)19-5/h18H,6-7H2,1-5H3,(H2,12,13,14,15,16). The topological polar surface area (TPSA) is 95.4 Å². The van der Waals surface area contributed by atoms with Crippen LogP contribution in [0.2, 0.25) is 0 Å². The Morgan fingerprint density at radius 2 is 1.89 bits per heavy atom. The van der Waals surface area contributed by atoms with Crippen molar-refractivity contribution in [3.05, 3.63) is 0 Å². The van der Waals surface area contributed by atoms with Crippen LogP contribution >= 0.6 is 0 Å². The van der Waals surface area contributed by atoms with Gasteiger partial charge < -0.3 is 25.4 Å². The lowest BCUT2D eigenvalue weighted by Gasteiger charge is -2.27. The van der Waals surface area contributed by atoms with Gasteiger partial charge in [0.05, 0.1) is 12.7 Å². The maximum absolute atomic E-state index is 10.2. The van der Waals surface area contributed by atoms with E-state index in [1.165, 1.54) is 7.11 Å². The summed E-state index contributed by atoms with van der Waals surface area (Å²) >= 11 is 0. The summed E-state index contributed by atoms with van der Waals surface area (Å²) in [6, 6.07) is 0.217. The number of nitrogens with zero attached hydrogens (tertiary/aromatic N) is 4. The first kappa shape index (κ1) is 15.4.